The second kappa shape index (κ2) is 7.71. The Labute approximate surface area is 150 Å². The zero-order valence-electron chi connectivity index (χ0n) is 15.4. The molecule has 1 aliphatic heterocycles. The summed E-state index contributed by atoms with van der Waals surface area (Å²) in [6.45, 7) is 4.06. The van der Waals surface area contributed by atoms with Gasteiger partial charge in [0.15, 0.2) is 0 Å². The van der Waals surface area contributed by atoms with Crippen LogP contribution >= 0.6 is 0 Å². The van der Waals surface area contributed by atoms with Crippen LogP contribution in [-0.4, -0.2) is 34.7 Å². The molecule has 0 spiro atoms. The molecule has 0 aromatic heterocycles. The lowest BCUT2D eigenvalue weighted by Gasteiger charge is -2.30. The smallest absolute Gasteiger partial charge is 0.243 e. The van der Waals surface area contributed by atoms with E-state index in [1.54, 1.807) is 0 Å². The maximum atomic E-state index is 13.0. The summed E-state index contributed by atoms with van der Waals surface area (Å²) in [7, 11) is 0. The van der Waals surface area contributed by atoms with Crippen LogP contribution in [0.3, 0.4) is 0 Å². The largest absolute Gasteiger partial charge is 0.352 e. The van der Waals surface area contributed by atoms with E-state index in [0.29, 0.717) is 19.3 Å². The van der Waals surface area contributed by atoms with Crippen LogP contribution < -0.4 is 5.32 Å². The molecule has 1 heterocycles. The van der Waals surface area contributed by atoms with Crippen molar-refractivity contribution in [3.63, 3.8) is 0 Å². The predicted octanol–water partition coefficient (Wildman–Crippen LogP) is 2.80. The van der Waals surface area contributed by atoms with Gasteiger partial charge in [0.2, 0.25) is 17.7 Å². The quantitative estimate of drug-likeness (QED) is 0.615. The summed E-state index contributed by atoms with van der Waals surface area (Å²) >= 11 is 0. The van der Waals surface area contributed by atoms with Crippen molar-refractivity contribution in [2.45, 2.75) is 77.3 Å². The number of carbonyl (C=O) groups is 3. The summed E-state index contributed by atoms with van der Waals surface area (Å²) in [5.41, 5.74) is 0. The average molecular weight is 346 g/mol. The number of fused-ring (bicyclic) bond motifs is 1. The predicted molar refractivity (Wildman–Crippen MR) is 95.5 cm³/mol. The van der Waals surface area contributed by atoms with Crippen LogP contribution in [-0.2, 0) is 14.4 Å². The molecule has 1 saturated heterocycles. The van der Waals surface area contributed by atoms with Gasteiger partial charge in [-0.1, -0.05) is 45.3 Å². The number of likely N-dealkylation sites (tertiary alicyclic amines) is 1. The molecule has 0 radical (unpaired) electrons. The molecular formula is C20H30N2O3. The first kappa shape index (κ1) is 18.2. The molecule has 25 heavy (non-hydrogen) atoms. The number of nitrogens with one attached hydrogen (secondary N) is 1. The molecule has 3 aliphatic rings. The van der Waals surface area contributed by atoms with Crippen LogP contribution in [0, 0.1) is 17.8 Å². The lowest BCUT2D eigenvalue weighted by Crippen LogP contribution is -2.53. The molecule has 0 aromatic carbocycles. The van der Waals surface area contributed by atoms with Crippen LogP contribution in [0.15, 0.2) is 12.2 Å². The van der Waals surface area contributed by atoms with Crippen molar-refractivity contribution < 1.29 is 14.4 Å². The van der Waals surface area contributed by atoms with E-state index in [-0.39, 0.29) is 41.5 Å². The molecule has 0 bridgehead atoms. The highest BCUT2D eigenvalue weighted by Gasteiger charge is 2.51. The number of carbonyl (C=O) groups excluding carboxylic acids is 3. The Hall–Kier alpha value is -1.65. The Morgan fingerprint density at radius 2 is 1.64 bits per heavy atom. The van der Waals surface area contributed by atoms with Gasteiger partial charge in [0, 0.05) is 6.04 Å². The molecule has 1 N–H and O–H groups in total. The van der Waals surface area contributed by atoms with Gasteiger partial charge in [-0.3, -0.25) is 19.3 Å². The molecule has 5 nitrogen and oxygen atoms in total. The second-order valence-electron chi connectivity index (χ2n) is 8.19. The van der Waals surface area contributed by atoms with Crippen LogP contribution in [0.1, 0.15) is 65.2 Å². The number of amides is 3. The van der Waals surface area contributed by atoms with E-state index in [0.717, 1.165) is 25.7 Å². The van der Waals surface area contributed by atoms with Crippen LogP contribution in [0.5, 0.6) is 0 Å². The van der Waals surface area contributed by atoms with Gasteiger partial charge in [-0.25, -0.2) is 0 Å². The second-order valence-corrected chi connectivity index (χ2v) is 8.19. The molecule has 0 unspecified atom stereocenters. The van der Waals surface area contributed by atoms with Crippen molar-refractivity contribution in [2.75, 3.05) is 0 Å². The number of nitrogens with zero attached hydrogens (tertiary/aromatic N) is 1. The third kappa shape index (κ3) is 3.80. The first-order chi connectivity index (χ1) is 12.0. The summed E-state index contributed by atoms with van der Waals surface area (Å²) in [6.07, 6.45) is 11.2. The van der Waals surface area contributed by atoms with Crippen molar-refractivity contribution in [1.82, 2.24) is 10.2 Å². The number of rotatable bonds is 5. The number of imide groups is 1. The molecule has 3 rings (SSSR count). The Balaban J connectivity index is 1.76. The highest BCUT2D eigenvalue weighted by molar-refractivity contribution is 6.08. The van der Waals surface area contributed by atoms with E-state index in [4.69, 9.17) is 0 Å². The van der Waals surface area contributed by atoms with Gasteiger partial charge < -0.3 is 5.32 Å². The van der Waals surface area contributed by atoms with Gasteiger partial charge in [0.05, 0.1) is 11.8 Å². The molecule has 1 saturated carbocycles. The van der Waals surface area contributed by atoms with Crippen molar-refractivity contribution in [3.8, 4) is 0 Å². The Morgan fingerprint density at radius 1 is 1.08 bits per heavy atom. The lowest BCUT2D eigenvalue weighted by atomic mass is 9.85. The highest BCUT2D eigenvalue weighted by atomic mass is 16.2. The minimum Gasteiger partial charge on any atom is -0.352 e. The van der Waals surface area contributed by atoms with Crippen LogP contribution in [0.4, 0.5) is 0 Å². The zero-order valence-corrected chi connectivity index (χ0v) is 15.4. The lowest BCUT2D eigenvalue weighted by molar-refractivity contribution is -0.148. The monoisotopic (exact) mass is 346 g/mol. The SMILES string of the molecule is CC(C)C[C@H](C(=O)NC1CCCCC1)N1C(=O)[C@H]2CC=CC[C@H]2C1=O. The third-order valence-corrected chi connectivity index (χ3v) is 5.80. The van der Waals surface area contributed by atoms with Crippen LogP contribution in [0.2, 0.25) is 0 Å². The fraction of sp³-hybridized carbons (Fsp3) is 0.750. The van der Waals surface area contributed by atoms with E-state index < -0.39 is 6.04 Å². The average Bonchev–Trinajstić information content (AvgIpc) is 2.85. The molecule has 3 atom stereocenters. The maximum Gasteiger partial charge on any atom is 0.243 e. The maximum absolute atomic E-state index is 13.0. The molecule has 0 aromatic rings. The molecule has 2 fully saturated rings. The number of hydrogen-bond acceptors (Lipinski definition) is 3. The van der Waals surface area contributed by atoms with E-state index in [1.807, 2.05) is 26.0 Å². The zero-order chi connectivity index (χ0) is 18.0. The minimum absolute atomic E-state index is 0.145. The van der Waals surface area contributed by atoms with Gasteiger partial charge in [-0.05, 0) is 38.0 Å². The minimum atomic E-state index is -0.660. The number of allylic oxidation sites excluding steroid dienone is 2. The fourth-order valence-corrected chi connectivity index (χ4v) is 4.45. The van der Waals surface area contributed by atoms with Gasteiger partial charge in [0.25, 0.3) is 0 Å². The van der Waals surface area contributed by atoms with E-state index >= 15 is 0 Å². The first-order valence-corrected chi connectivity index (χ1v) is 9.81. The standard InChI is InChI=1S/C20H30N2O3/c1-13(2)12-17(18(23)21-14-8-4-3-5-9-14)22-19(24)15-10-6-7-11-16(15)20(22)25/h6-7,13-17H,3-5,8-12H2,1-2H3,(H,21,23)/t15-,16+,17-/m1/s1. The number of hydrogen-bond donors (Lipinski definition) is 1. The molecule has 138 valence electrons. The van der Waals surface area contributed by atoms with Crippen molar-refractivity contribution in [2.24, 2.45) is 17.8 Å². The molecular weight excluding hydrogens is 316 g/mol. The van der Waals surface area contributed by atoms with E-state index in [2.05, 4.69) is 5.32 Å². The Kier molecular flexibility index (Phi) is 5.60. The van der Waals surface area contributed by atoms with Crippen molar-refractivity contribution in [1.29, 1.82) is 0 Å². The molecule has 5 heteroatoms. The summed E-state index contributed by atoms with van der Waals surface area (Å²) in [5, 5.41) is 3.12. The van der Waals surface area contributed by atoms with Gasteiger partial charge in [-0.15, -0.1) is 0 Å². The van der Waals surface area contributed by atoms with Gasteiger partial charge in [0.1, 0.15) is 6.04 Å². The summed E-state index contributed by atoms with van der Waals surface area (Å²) in [4.78, 5) is 40.0. The summed E-state index contributed by atoms with van der Waals surface area (Å²) < 4.78 is 0. The van der Waals surface area contributed by atoms with Gasteiger partial charge in [-0.2, -0.15) is 0 Å². The van der Waals surface area contributed by atoms with Crippen molar-refractivity contribution in [3.05, 3.63) is 12.2 Å². The van der Waals surface area contributed by atoms with E-state index in [1.165, 1.54) is 11.3 Å². The summed E-state index contributed by atoms with van der Waals surface area (Å²) in [6, 6.07) is -0.472. The highest BCUT2D eigenvalue weighted by Crippen LogP contribution is 2.37. The van der Waals surface area contributed by atoms with Crippen molar-refractivity contribution >= 4 is 17.7 Å². The van der Waals surface area contributed by atoms with Gasteiger partial charge >= 0.3 is 0 Å². The topological polar surface area (TPSA) is 66.5 Å². The van der Waals surface area contributed by atoms with E-state index in [9.17, 15) is 14.4 Å². The first-order valence-electron chi connectivity index (χ1n) is 9.81. The summed E-state index contributed by atoms with van der Waals surface area (Å²) in [5.74, 6) is -0.741. The third-order valence-electron chi connectivity index (χ3n) is 5.80. The molecule has 2 aliphatic carbocycles. The molecule has 3 amide bonds. The Morgan fingerprint density at radius 3 is 2.16 bits per heavy atom. The normalized spacial score (nSPS) is 28.4. The van der Waals surface area contributed by atoms with Crippen LogP contribution in [0.25, 0.3) is 0 Å². The fourth-order valence-electron chi connectivity index (χ4n) is 4.45. The Bertz CT molecular complexity index is 537.